The maximum atomic E-state index is 6.26. The lowest BCUT2D eigenvalue weighted by Gasteiger charge is -2.11. The maximum Gasteiger partial charge on any atom is 0.152 e. The van der Waals surface area contributed by atoms with Crippen molar-refractivity contribution in [1.29, 1.82) is 0 Å². The molecular formula is C32H32N8. The highest BCUT2D eigenvalue weighted by atomic mass is 15.1. The molecule has 5 N–H and O–H groups in total. The second-order valence-corrected chi connectivity index (χ2v) is 9.89. The molecule has 0 bridgehead atoms. The molecule has 0 saturated carbocycles. The Morgan fingerprint density at radius 2 is 1.65 bits per heavy atom. The molecule has 200 valence electrons. The molecule has 0 amide bonds. The Bertz CT molecular complexity index is 1920. The molecule has 0 aliphatic heterocycles. The minimum absolute atomic E-state index is 0.499. The number of rotatable bonds is 6. The topological polar surface area (TPSA) is 124 Å². The van der Waals surface area contributed by atoms with Gasteiger partial charge in [0.25, 0.3) is 0 Å². The first-order chi connectivity index (χ1) is 19.7. The predicted octanol–water partition coefficient (Wildman–Crippen LogP) is 6.13. The van der Waals surface area contributed by atoms with Crippen molar-refractivity contribution in [1.82, 2.24) is 29.5 Å². The molecule has 0 spiro atoms. The van der Waals surface area contributed by atoms with Crippen LogP contribution in [0.4, 0.5) is 5.82 Å². The number of nitrogens with two attached hydrogens (primary N) is 2. The number of unbranched alkanes of at least 4 members (excludes halogenated alkanes) is 1. The summed E-state index contributed by atoms with van der Waals surface area (Å²) in [6.07, 6.45) is 6.64. The molecule has 7 rings (SSSR count). The van der Waals surface area contributed by atoms with Gasteiger partial charge < -0.3 is 21.0 Å². The molecule has 40 heavy (non-hydrogen) atoms. The lowest BCUT2D eigenvalue weighted by Crippen LogP contribution is -2.06. The van der Waals surface area contributed by atoms with Gasteiger partial charge in [-0.15, -0.1) is 0 Å². The SMILES string of the molecule is CCCCc1nc2c(N)nc3ccccc3c2n1Cc1ccc(CN)cc1.c1cnc2c(c1)ccc1nc[nH]c12. The number of imidazole rings is 2. The van der Waals surface area contributed by atoms with E-state index < -0.39 is 0 Å². The van der Waals surface area contributed by atoms with Crippen LogP contribution in [-0.4, -0.2) is 29.5 Å². The van der Waals surface area contributed by atoms with Gasteiger partial charge in [-0.05, 0) is 35.7 Å². The van der Waals surface area contributed by atoms with E-state index >= 15 is 0 Å². The molecule has 0 unspecified atom stereocenters. The highest BCUT2D eigenvalue weighted by Gasteiger charge is 2.17. The van der Waals surface area contributed by atoms with Crippen molar-refractivity contribution < 1.29 is 0 Å². The fraction of sp³-hybridized carbons (Fsp3) is 0.188. The number of hydrogen-bond acceptors (Lipinski definition) is 6. The zero-order valence-electron chi connectivity index (χ0n) is 22.5. The molecule has 8 heteroatoms. The third-order valence-corrected chi connectivity index (χ3v) is 7.21. The Balaban J connectivity index is 0.000000184. The van der Waals surface area contributed by atoms with Gasteiger partial charge in [-0.3, -0.25) is 4.98 Å². The predicted molar refractivity (Wildman–Crippen MR) is 163 cm³/mol. The molecule has 7 aromatic rings. The number of aromatic nitrogens is 6. The van der Waals surface area contributed by atoms with Crippen molar-refractivity contribution in [2.24, 2.45) is 5.73 Å². The van der Waals surface area contributed by atoms with E-state index in [0.29, 0.717) is 12.4 Å². The zero-order valence-corrected chi connectivity index (χ0v) is 22.5. The summed E-state index contributed by atoms with van der Waals surface area (Å²) in [6.45, 7) is 3.51. The average Bonchev–Trinajstić information content (AvgIpc) is 3.63. The Morgan fingerprint density at radius 1 is 0.825 bits per heavy atom. The van der Waals surface area contributed by atoms with E-state index in [2.05, 4.69) is 61.8 Å². The number of nitrogens with zero attached hydrogens (tertiary/aromatic N) is 5. The quantitative estimate of drug-likeness (QED) is 0.239. The van der Waals surface area contributed by atoms with Gasteiger partial charge in [0.05, 0.1) is 33.9 Å². The number of pyridine rings is 2. The highest BCUT2D eigenvalue weighted by Crippen LogP contribution is 2.30. The largest absolute Gasteiger partial charge is 0.382 e. The van der Waals surface area contributed by atoms with Crippen molar-refractivity contribution >= 4 is 49.7 Å². The van der Waals surface area contributed by atoms with Gasteiger partial charge in [0.1, 0.15) is 11.3 Å². The average molecular weight is 529 g/mol. The van der Waals surface area contributed by atoms with Gasteiger partial charge >= 0.3 is 0 Å². The number of aryl methyl sites for hydroxylation is 1. The third-order valence-electron chi connectivity index (χ3n) is 7.21. The number of aromatic amines is 1. The minimum atomic E-state index is 0.499. The smallest absolute Gasteiger partial charge is 0.152 e. The van der Waals surface area contributed by atoms with Crippen molar-refractivity contribution in [2.75, 3.05) is 5.73 Å². The fourth-order valence-corrected chi connectivity index (χ4v) is 5.12. The van der Waals surface area contributed by atoms with Crippen LogP contribution in [0.3, 0.4) is 0 Å². The van der Waals surface area contributed by atoms with Crippen LogP contribution in [0, 0.1) is 0 Å². The number of nitrogen functional groups attached to an aromatic ring is 1. The lowest BCUT2D eigenvalue weighted by molar-refractivity contribution is 0.690. The molecule has 0 radical (unpaired) electrons. The first kappa shape index (κ1) is 25.5. The fourth-order valence-electron chi connectivity index (χ4n) is 5.12. The summed E-state index contributed by atoms with van der Waals surface area (Å²) in [5.74, 6) is 1.57. The van der Waals surface area contributed by atoms with Gasteiger partial charge in [0.15, 0.2) is 5.82 Å². The van der Waals surface area contributed by atoms with Crippen LogP contribution in [0.5, 0.6) is 0 Å². The van der Waals surface area contributed by atoms with E-state index in [1.807, 2.05) is 42.5 Å². The number of nitrogens with one attached hydrogen (secondary N) is 1. The normalized spacial score (nSPS) is 11.3. The van der Waals surface area contributed by atoms with Crippen molar-refractivity contribution in [3.8, 4) is 0 Å². The standard InChI is InChI=1S/C22H25N5.C10H7N3/c1-2-3-8-19-26-20-21(17-6-4-5-7-18(17)25-22(20)24)27(19)14-16-11-9-15(13-23)10-12-16;1-2-7-3-4-8-10(13-6-12-8)9(7)11-5-1/h4-7,9-12H,2-3,8,13-14,23H2,1H3,(H2,24,25);1-6H,(H,12,13). The van der Waals surface area contributed by atoms with Gasteiger partial charge in [-0.2, -0.15) is 0 Å². The van der Waals surface area contributed by atoms with Crippen LogP contribution in [-0.2, 0) is 19.5 Å². The summed E-state index contributed by atoms with van der Waals surface area (Å²) >= 11 is 0. The molecule has 3 aromatic carbocycles. The van der Waals surface area contributed by atoms with E-state index in [9.17, 15) is 0 Å². The van der Waals surface area contributed by atoms with E-state index in [0.717, 1.165) is 81.1 Å². The second kappa shape index (κ2) is 11.1. The summed E-state index contributed by atoms with van der Waals surface area (Å²) < 4.78 is 2.31. The Kier molecular flexibility index (Phi) is 7.08. The van der Waals surface area contributed by atoms with Crippen LogP contribution < -0.4 is 11.5 Å². The molecule has 4 aromatic heterocycles. The monoisotopic (exact) mass is 528 g/mol. The molecule has 0 aliphatic carbocycles. The Labute approximate surface area is 232 Å². The summed E-state index contributed by atoms with van der Waals surface area (Å²) in [5, 5.41) is 2.23. The summed E-state index contributed by atoms with van der Waals surface area (Å²) in [4.78, 5) is 21.0. The second-order valence-electron chi connectivity index (χ2n) is 9.89. The van der Waals surface area contributed by atoms with E-state index in [1.165, 1.54) is 5.56 Å². The highest BCUT2D eigenvalue weighted by molar-refractivity contribution is 6.06. The number of para-hydroxylation sites is 1. The molecule has 0 atom stereocenters. The van der Waals surface area contributed by atoms with Crippen LogP contribution in [0.2, 0.25) is 0 Å². The minimum Gasteiger partial charge on any atom is -0.382 e. The molecule has 4 heterocycles. The van der Waals surface area contributed by atoms with Crippen molar-refractivity contribution in [3.05, 3.63) is 102 Å². The van der Waals surface area contributed by atoms with Crippen LogP contribution in [0.15, 0.2) is 85.3 Å². The first-order valence-electron chi connectivity index (χ1n) is 13.6. The van der Waals surface area contributed by atoms with Crippen LogP contribution >= 0.6 is 0 Å². The number of H-pyrrole nitrogens is 1. The molecule has 0 fully saturated rings. The number of fused-ring (bicyclic) bond motifs is 6. The van der Waals surface area contributed by atoms with Crippen molar-refractivity contribution in [3.63, 3.8) is 0 Å². The molecule has 0 aliphatic rings. The number of benzene rings is 3. The Hall–Kier alpha value is -4.82. The van der Waals surface area contributed by atoms with Gasteiger partial charge in [-0.25, -0.2) is 15.0 Å². The van der Waals surface area contributed by atoms with Crippen LogP contribution in [0.1, 0.15) is 36.7 Å². The van der Waals surface area contributed by atoms with E-state index in [4.69, 9.17) is 16.5 Å². The van der Waals surface area contributed by atoms with E-state index in [1.54, 1.807) is 12.5 Å². The summed E-state index contributed by atoms with van der Waals surface area (Å²) in [6, 6.07) is 24.6. The van der Waals surface area contributed by atoms with Gasteiger partial charge in [-0.1, -0.05) is 67.9 Å². The molecule has 0 saturated heterocycles. The number of hydrogen-bond donors (Lipinski definition) is 3. The lowest BCUT2D eigenvalue weighted by atomic mass is 10.1. The summed E-state index contributed by atoms with van der Waals surface area (Å²) in [7, 11) is 0. The van der Waals surface area contributed by atoms with Crippen molar-refractivity contribution in [2.45, 2.75) is 39.3 Å². The number of anilines is 1. The van der Waals surface area contributed by atoms with Gasteiger partial charge in [0, 0.05) is 36.5 Å². The molecule has 8 nitrogen and oxygen atoms in total. The maximum absolute atomic E-state index is 6.26. The summed E-state index contributed by atoms with van der Waals surface area (Å²) in [5.41, 5.74) is 20.1. The van der Waals surface area contributed by atoms with E-state index in [-0.39, 0.29) is 0 Å². The van der Waals surface area contributed by atoms with Gasteiger partial charge in [0.2, 0.25) is 0 Å². The molecular weight excluding hydrogens is 496 g/mol. The first-order valence-corrected chi connectivity index (χ1v) is 13.6. The van der Waals surface area contributed by atoms with Crippen LogP contribution in [0.25, 0.3) is 43.9 Å². The third kappa shape index (κ3) is 4.85. The zero-order chi connectivity index (χ0) is 27.5. The Morgan fingerprint density at radius 3 is 2.48 bits per heavy atom.